The molecule has 202 valence electrons. The number of benzene rings is 2. The predicted octanol–water partition coefficient (Wildman–Crippen LogP) is 6.84. The van der Waals surface area contributed by atoms with E-state index in [1.54, 1.807) is 12.3 Å². The fraction of sp³-hybridized carbons (Fsp3) is 0.433. The number of hydrogen-bond acceptors (Lipinski definition) is 5. The fourth-order valence-electron chi connectivity index (χ4n) is 4.66. The number of nitrogen functional groups attached to an aromatic ring is 1. The Morgan fingerprint density at radius 2 is 1.89 bits per heavy atom. The second-order valence-electron chi connectivity index (χ2n) is 11.8. The lowest BCUT2D eigenvalue weighted by Crippen LogP contribution is -2.44. The van der Waals surface area contributed by atoms with E-state index in [1.165, 1.54) is 12.1 Å². The summed E-state index contributed by atoms with van der Waals surface area (Å²) in [6.45, 7) is 11.7. The maximum atomic E-state index is 15.0. The van der Waals surface area contributed by atoms with Crippen LogP contribution in [0.2, 0.25) is 18.1 Å². The minimum Gasteiger partial charge on any atom is -0.414 e. The van der Waals surface area contributed by atoms with Gasteiger partial charge in [0.05, 0.1) is 17.5 Å². The molecule has 8 heteroatoms. The summed E-state index contributed by atoms with van der Waals surface area (Å²) in [6, 6.07) is 14.0. The largest absolute Gasteiger partial charge is 0.414 e. The van der Waals surface area contributed by atoms with Crippen molar-refractivity contribution in [3.63, 3.8) is 0 Å². The lowest BCUT2D eigenvalue weighted by atomic mass is 9.85. The van der Waals surface area contributed by atoms with Crippen molar-refractivity contribution in [1.29, 1.82) is 0 Å². The van der Waals surface area contributed by atoms with Crippen molar-refractivity contribution in [3.05, 3.63) is 77.4 Å². The van der Waals surface area contributed by atoms with Gasteiger partial charge in [-0.1, -0.05) is 63.6 Å². The van der Waals surface area contributed by atoms with Crippen LogP contribution in [-0.4, -0.2) is 30.3 Å². The molecule has 2 unspecified atom stereocenters. The Labute approximate surface area is 226 Å². The lowest BCUT2D eigenvalue weighted by Gasteiger charge is -2.41. The van der Waals surface area contributed by atoms with Crippen LogP contribution in [-0.2, 0) is 11.0 Å². The van der Waals surface area contributed by atoms with E-state index in [0.717, 1.165) is 36.9 Å². The van der Waals surface area contributed by atoms with E-state index in [9.17, 15) is 4.79 Å². The minimum atomic E-state index is -1.87. The summed E-state index contributed by atoms with van der Waals surface area (Å²) < 4.78 is 21.8. The Kier molecular flexibility index (Phi) is 8.33. The lowest BCUT2D eigenvalue weighted by molar-refractivity contribution is 0.0947. The first kappa shape index (κ1) is 27.9. The minimum absolute atomic E-state index is 0.0229. The highest BCUT2D eigenvalue weighted by Crippen LogP contribution is 2.41. The number of carbonyl (C=O) groups is 1. The molecule has 1 aromatic heterocycles. The number of aromatic nitrogens is 2. The molecule has 3 aromatic rings. The van der Waals surface area contributed by atoms with Gasteiger partial charge in [-0.2, -0.15) is 0 Å². The molecule has 0 spiro atoms. The highest BCUT2D eigenvalue weighted by Gasteiger charge is 2.40. The molecule has 0 radical (unpaired) electrons. The Morgan fingerprint density at radius 1 is 1.16 bits per heavy atom. The fourth-order valence-corrected chi connectivity index (χ4v) is 6.06. The van der Waals surface area contributed by atoms with Gasteiger partial charge in [-0.05, 0) is 55.1 Å². The first-order valence-electron chi connectivity index (χ1n) is 13.4. The zero-order valence-corrected chi connectivity index (χ0v) is 24.1. The van der Waals surface area contributed by atoms with E-state index in [-0.39, 0.29) is 28.4 Å². The van der Waals surface area contributed by atoms with E-state index in [2.05, 4.69) is 44.2 Å². The molecule has 38 heavy (non-hydrogen) atoms. The van der Waals surface area contributed by atoms with Gasteiger partial charge in [0.25, 0.3) is 5.91 Å². The number of nitrogens with one attached hydrogen (secondary N) is 1. The van der Waals surface area contributed by atoms with Gasteiger partial charge in [-0.25, -0.2) is 14.4 Å². The zero-order valence-electron chi connectivity index (χ0n) is 23.1. The van der Waals surface area contributed by atoms with Crippen molar-refractivity contribution in [3.8, 4) is 11.3 Å². The quantitative estimate of drug-likeness (QED) is 0.324. The first-order chi connectivity index (χ1) is 17.9. The summed E-state index contributed by atoms with van der Waals surface area (Å²) in [7, 11) is -1.87. The molecule has 1 fully saturated rings. The smallest absolute Gasteiger partial charge is 0.254 e. The number of nitrogens with zero attached hydrogens (tertiary/aromatic N) is 2. The Hall–Kier alpha value is -3.10. The molecule has 4 rings (SSSR count). The maximum Gasteiger partial charge on any atom is 0.254 e. The normalized spacial score (nSPS) is 18.3. The highest BCUT2D eigenvalue weighted by molar-refractivity contribution is 6.74. The van der Waals surface area contributed by atoms with E-state index in [1.807, 2.05) is 30.3 Å². The number of amides is 1. The van der Waals surface area contributed by atoms with Gasteiger partial charge in [0.2, 0.25) is 0 Å². The third kappa shape index (κ3) is 6.47. The number of carbonyl (C=O) groups excluding carboxylic acids is 1. The van der Waals surface area contributed by atoms with Crippen LogP contribution in [0.15, 0.2) is 54.7 Å². The van der Waals surface area contributed by atoms with E-state index < -0.39 is 20.0 Å². The Bertz CT molecular complexity index is 1280. The van der Waals surface area contributed by atoms with Crippen molar-refractivity contribution in [2.45, 2.75) is 83.2 Å². The molecule has 1 heterocycles. The summed E-state index contributed by atoms with van der Waals surface area (Å²) in [6.07, 6.45) is 5.94. The molecule has 6 nitrogen and oxygen atoms in total. The van der Waals surface area contributed by atoms with Crippen molar-refractivity contribution in [2.75, 3.05) is 5.73 Å². The molecule has 0 saturated heterocycles. The van der Waals surface area contributed by atoms with Crippen LogP contribution in [0.3, 0.4) is 0 Å². The Balaban J connectivity index is 1.49. The first-order valence-corrected chi connectivity index (χ1v) is 16.3. The topological polar surface area (TPSA) is 90.1 Å². The number of hydrogen-bond donors (Lipinski definition) is 2. The molecule has 3 N–H and O–H groups in total. The molecule has 1 amide bonds. The third-order valence-electron chi connectivity index (χ3n) is 7.91. The average molecular weight is 535 g/mol. The van der Waals surface area contributed by atoms with Gasteiger partial charge in [0.1, 0.15) is 17.3 Å². The summed E-state index contributed by atoms with van der Waals surface area (Å²) in [5, 5.41) is 2.92. The van der Waals surface area contributed by atoms with Crippen molar-refractivity contribution < 1.29 is 13.6 Å². The van der Waals surface area contributed by atoms with Crippen molar-refractivity contribution in [2.24, 2.45) is 0 Å². The van der Waals surface area contributed by atoms with Gasteiger partial charge < -0.3 is 15.5 Å². The second kappa shape index (κ2) is 11.3. The van der Waals surface area contributed by atoms with Gasteiger partial charge in [-0.3, -0.25) is 4.79 Å². The molecule has 0 aliphatic heterocycles. The van der Waals surface area contributed by atoms with Gasteiger partial charge in [0.15, 0.2) is 8.32 Å². The summed E-state index contributed by atoms with van der Waals surface area (Å²) in [5.41, 5.74) is 8.88. The van der Waals surface area contributed by atoms with Gasteiger partial charge >= 0.3 is 0 Å². The van der Waals surface area contributed by atoms with Crippen LogP contribution in [0.1, 0.15) is 74.0 Å². The molecule has 2 aromatic carbocycles. The van der Waals surface area contributed by atoms with E-state index in [0.29, 0.717) is 17.8 Å². The highest BCUT2D eigenvalue weighted by atomic mass is 28.4. The van der Waals surface area contributed by atoms with Crippen LogP contribution in [0.25, 0.3) is 11.3 Å². The number of rotatable bonds is 7. The van der Waals surface area contributed by atoms with Crippen LogP contribution in [0, 0.1) is 5.82 Å². The molecule has 2 atom stereocenters. The third-order valence-corrected chi connectivity index (χ3v) is 12.4. The van der Waals surface area contributed by atoms with Crippen molar-refractivity contribution in [1.82, 2.24) is 15.3 Å². The summed E-state index contributed by atoms with van der Waals surface area (Å²) >= 11 is 0. The SMILES string of the molecule is CC(C)(C)[Si](C)(C)OC1CCCC(c2cnc(N)c(-c3ccc(C(=O)NCc4ccccc4)c(F)c3)n2)C1. The van der Waals surface area contributed by atoms with E-state index in [4.69, 9.17) is 15.1 Å². The molecule has 1 saturated carbocycles. The Morgan fingerprint density at radius 3 is 2.58 bits per heavy atom. The molecule has 1 aliphatic carbocycles. The predicted molar refractivity (Wildman–Crippen MR) is 153 cm³/mol. The standard InChI is InChI=1S/C30H39FN4O2Si/c1-30(2,3)38(4,5)37-23-13-9-12-21(16-23)26-19-33-28(32)27(35-26)22-14-15-24(25(31)17-22)29(36)34-18-20-10-7-6-8-11-20/h6-8,10-11,14-15,17,19,21,23H,9,12-13,16,18H2,1-5H3,(H2,32,33)(H,34,36). The molecular weight excluding hydrogens is 495 g/mol. The van der Waals surface area contributed by atoms with Gasteiger partial charge in [-0.15, -0.1) is 0 Å². The summed E-state index contributed by atoms with van der Waals surface area (Å²) in [5.74, 6) is -0.654. The average Bonchev–Trinajstić information content (AvgIpc) is 2.87. The van der Waals surface area contributed by atoms with Crippen LogP contribution in [0.5, 0.6) is 0 Å². The molecule has 0 bridgehead atoms. The van der Waals surface area contributed by atoms with Crippen molar-refractivity contribution >= 4 is 20.0 Å². The number of nitrogens with two attached hydrogens (primary N) is 1. The monoisotopic (exact) mass is 534 g/mol. The number of halogens is 1. The van der Waals surface area contributed by atoms with Crippen LogP contribution in [0.4, 0.5) is 10.2 Å². The summed E-state index contributed by atoms with van der Waals surface area (Å²) in [4.78, 5) is 21.8. The van der Waals surface area contributed by atoms with Crippen LogP contribution < -0.4 is 11.1 Å². The molecular formula is C30H39FN4O2Si. The number of anilines is 1. The van der Waals surface area contributed by atoms with Gasteiger partial charge in [0, 0.05) is 24.1 Å². The second-order valence-corrected chi connectivity index (χ2v) is 16.5. The van der Waals surface area contributed by atoms with E-state index >= 15 is 4.39 Å². The van der Waals surface area contributed by atoms with Crippen LogP contribution >= 0.6 is 0 Å². The molecule has 1 aliphatic rings. The maximum absolute atomic E-state index is 15.0. The zero-order chi connectivity index (χ0) is 27.5.